The van der Waals surface area contributed by atoms with Crippen LogP contribution in [-0.2, 0) is 4.79 Å². The van der Waals surface area contributed by atoms with Crippen LogP contribution in [0, 0.1) is 10.1 Å². The second kappa shape index (κ2) is 6.23. The van der Waals surface area contributed by atoms with E-state index in [1.165, 1.54) is 30.3 Å². The Hall–Kier alpha value is -1.30. The van der Waals surface area contributed by atoms with Gasteiger partial charge in [0, 0.05) is 12.1 Å². The third-order valence-corrected chi connectivity index (χ3v) is 2.76. The molecule has 8 heteroatoms. The number of non-ortho nitro benzene ring substituents is 1. The molecule has 1 atom stereocenters. The normalized spacial score (nSPS) is 12.6. The van der Waals surface area contributed by atoms with Gasteiger partial charge in [0.15, 0.2) is 0 Å². The third kappa shape index (κ3) is 4.38. The summed E-state index contributed by atoms with van der Waals surface area (Å²) >= 11 is 16.3. The number of hydrogen-bond donors (Lipinski definition) is 1. The van der Waals surface area contributed by atoms with Crippen LogP contribution in [0.3, 0.4) is 0 Å². The minimum absolute atomic E-state index is 0.0562. The lowest BCUT2D eigenvalue weighted by molar-refractivity contribution is -0.384. The second-order valence-electron chi connectivity index (χ2n) is 3.53. The third-order valence-electron chi connectivity index (χ3n) is 2.24. The monoisotopic (exact) mass is 322 g/mol. The summed E-state index contributed by atoms with van der Waals surface area (Å²) in [5, 5.41) is 13.0. The molecule has 0 aliphatic heterocycles. The molecule has 1 aromatic carbocycles. The highest BCUT2D eigenvalue weighted by atomic mass is 35.6. The number of nitrogens with one attached hydrogen (secondary N) is 1. The summed E-state index contributed by atoms with van der Waals surface area (Å²) in [6, 6.07) is 5.00. The standard InChI is InChI=1S/C11H9Cl3N2O3/c1-2-9(15-10(17)11(12,13)14)7-3-5-8(6-4-7)16(18)19/h2-6,9H,1H2,(H,15,17). The molecule has 0 aliphatic carbocycles. The molecule has 0 saturated heterocycles. The highest BCUT2D eigenvalue weighted by Gasteiger charge is 2.31. The van der Waals surface area contributed by atoms with Gasteiger partial charge in [0.25, 0.3) is 15.4 Å². The van der Waals surface area contributed by atoms with Crippen LogP contribution in [0.4, 0.5) is 5.69 Å². The van der Waals surface area contributed by atoms with Gasteiger partial charge in [-0.3, -0.25) is 14.9 Å². The summed E-state index contributed by atoms with van der Waals surface area (Å²) in [7, 11) is 0. The number of nitrogens with zero attached hydrogens (tertiary/aromatic N) is 1. The van der Waals surface area contributed by atoms with Crippen molar-refractivity contribution in [2.45, 2.75) is 9.83 Å². The summed E-state index contributed by atoms with van der Waals surface area (Å²) in [4.78, 5) is 21.5. The quantitative estimate of drug-likeness (QED) is 0.400. The van der Waals surface area contributed by atoms with Crippen molar-refractivity contribution < 1.29 is 9.72 Å². The molecule has 0 spiro atoms. The van der Waals surface area contributed by atoms with Crippen molar-refractivity contribution in [3.63, 3.8) is 0 Å². The predicted octanol–water partition coefficient (Wildman–Crippen LogP) is 3.31. The van der Waals surface area contributed by atoms with E-state index in [2.05, 4.69) is 11.9 Å². The Kier molecular flexibility index (Phi) is 5.17. The lowest BCUT2D eigenvalue weighted by Gasteiger charge is -2.18. The minimum Gasteiger partial charge on any atom is -0.342 e. The molecule has 0 heterocycles. The van der Waals surface area contributed by atoms with Crippen molar-refractivity contribution in [2.75, 3.05) is 0 Å². The first kappa shape index (κ1) is 15.8. The Balaban J connectivity index is 2.89. The van der Waals surface area contributed by atoms with E-state index < -0.39 is 20.7 Å². The highest BCUT2D eigenvalue weighted by molar-refractivity contribution is 6.76. The zero-order valence-electron chi connectivity index (χ0n) is 9.48. The van der Waals surface area contributed by atoms with E-state index in [0.717, 1.165) is 0 Å². The molecule has 0 aliphatic rings. The van der Waals surface area contributed by atoms with Crippen LogP contribution in [0.1, 0.15) is 11.6 Å². The Morgan fingerprint density at radius 1 is 1.37 bits per heavy atom. The Morgan fingerprint density at radius 2 is 1.89 bits per heavy atom. The molecule has 5 nitrogen and oxygen atoms in total. The molecule has 0 saturated carbocycles. The average molecular weight is 324 g/mol. The summed E-state index contributed by atoms with van der Waals surface area (Å²) in [5.74, 6) is -0.805. The van der Waals surface area contributed by atoms with Crippen LogP contribution >= 0.6 is 34.8 Å². The molecule has 1 rings (SSSR count). The fourth-order valence-corrected chi connectivity index (χ4v) is 1.47. The number of alkyl halides is 3. The van der Waals surface area contributed by atoms with Crippen molar-refractivity contribution in [1.82, 2.24) is 5.32 Å². The van der Waals surface area contributed by atoms with Gasteiger partial charge in [-0.2, -0.15) is 0 Å². The predicted molar refractivity (Wildman–Crippen MR) is 74.5 cm³/mol. The van der Waals surface area contributed by atoms with E-state index in [9.17, 15) is 14.9 Å². The van der Waals surface area contributed by atoms with Crippen molar-refractivity contribution in [3.8, 4) is 0 Å². The van der Waals surface area contributed by atoms with Gasteiger partial charge in [-0.15, -0.1) is 6.58 Å². The lowest BCUT2D eigenvalue weighted by Crippen LogP contribution is -2.36. The summed E-state index contributed by atoms with van der Waals surface area (Å²) in [6.45, 7) is 3.55. The maximum absolute atomic E-state index is 11.5. The smallest absolute Gasteiger partial charge is 0.272 e. The largest absolute Gasteiger partial charge is 0.342 e. The molecule has 0 aromatic heterocycles. The summed E-state index contributed by atoms with van der Waals surface area (Å²) < 4.78 is -2.08. The van der Waals surface area contributed by atoms with Gasteiger partial charge in [0.1, 0.15) is 0 Å². The van der Waals surface area contributed by atoms with Gasteiger partial charge in [-0.25, -0.2) is 0 Å². The molecule has 0 bridgehead atoms. The van der Waals surface area contributed by atoms with Crippen LogP contribution in [-0.4, -0.2) is 14.6 Å². The molecule has 1 N–H and O–H groups in total. The number of carbonyl (C=O) groups is 1. The van der Waals surface area contributed by atoms with Crippen LogP contribution in [0.15, 0.2) is 36.9 Å². The molecular formula is C11H9Cl3N2O3. The first-order chi connectivity index (χ1) is 8.75. The van der Waals surface area contributed by atoms with Crippen molar-refractivity contribution in [1.29, 1.82) is 0 Å². The van der Waals surface area contributed by atoms with E-state index in [1.54, 1.807) is 0 Å². The van der Waals surface area contributed by atoms with Gasteiger partial charge in [-0.05, 0) is 17.7 Å². The number of hydrogen-bond acceptors (Lipinski definition) is 3. The van der Waals surface area contributed by atoms with Gasteiger partial charge < -0.3 is 5.32 Å². The number of nitro benzene ring substituents is 1. The fraction of sp³-hybridized carbons (Fsp3) is 0.182. The number of benzene rings is 1. The Morgan fingerprint density at radius 3 is 2.26 bits per heavy atom. The van der Waals surface area contributed by atoms with Crippen LogP contribution in [0.2, 0.25) is 0 Å². The van der Waals surface area contributed by atoms with E-state index in [4.69, 9.17) is 34.8 Å². The molecule has 0 fully saturated rings. The Labute approximate surface area is 124 Å². The van der Waals surface area contributed by atoms with Gasteiger partial charge in [0.2, 0.25) is 0 Å². The molecule has 1 unspecified atom stereocenters. The van der Waals surface area contributed by atoms with Crippen molar-refractivity contribution in [3.05, 3.63) is 52.6 Å². The van der Waals surface area contributed by atoms with E-state index >= 15 is 0 Å². The number of halogens is 3. The first-order valence-electron chi connectivity index (χ1n) is 5.00. The first-order valence-corrected chi connectivity index (χ1v) is 6.13. The number of carbonyl (C=O) groups excluding carboxylic acids is 1. The van der Waals surface area contributed by atoms with E-state index in [0.29, 0.717) is 5.56 Å². The van der Waals surface area contributed by atoms with Gasteiger partial charge in [-0.1, -0.05) is 40.9 Å². The number of amides is 1. The molecule has 1 aromatic rings. The molecule has 19 heavy (non-hydrogen) atoms. The zero-order chi connectivity index (χ0) is 14.6. The zero-order valence-corrected chi connectivity index (χ0v) is 11.7. The molecular weight excluding hydrogens is 314 g/mol. The Bertz CT molecular complexity index is 497. The number of rotatable bonds is 4. The highest BCUT2D eigenvalue weighted by Crippen LogP contribution is 2.27. The molecule has 0 radical (unpaired) electrons. The summed E-state index contributed by atoms with van der Waals surface area (Å²) in [6.07, 6.45) is 1.43. The maximum Gasteiger partial charge on any atom is 0.272 e. The maximum atomic E-state index is 11.5. The van der Waals surface area contributed by atoms with Crippen LogP contribution < -0.4 is 5.32 Å². The topological polar surface area (TPSA) is 72.2 Å². The molecule has 102 valence electrons. The van der Waals surface area contributed by atoms with Crippen LogP contribution in [0.25, 0.3) is 0 Å². The van der Waals surface area contributed by atoms with Crippen molar-refractivity contribution >= 4 is 46.4 Å². The van der Waals surface area contributed by atoms with E-state index in [1.807, 2.05) is 0 Å². The van der Waals surface area contributed by atoms with Gasteiger partial charge >= 0.3 is 0 Å². The number of nitro groups is 1. The fourth-order valence-electron chi connectivity index (χ4n) is 1.30. The van der Waals surface area contributed by atoms with E-state index in [-0.39, 0.29) is 5.69 Å². The second-order valence-corrected chi connectivity index (χ2v) is 5.81. The summed E-state index contributed by atoms with van der Waals surface area (Å²) in [5.41, 5.74) is 0.530. The van der Waals surface area contributed by atoms with Crippen molar-refractivity contribution in [2.24, 2.45) is 0 Å². The van der Waals surface area contributed by atoms with Crippen LogP contribution in [0.5, 0.6) is 0 Å². The lowest BCUT2D eigenvalue weighted by atomic mass is 10.1. The molecule has 1 amide bonds. The SMILES string of the molecule is C=CC(NC(=O)C(Cl)(Cl)Cl)c1ccc([N+](=O)[O-])cc1. The average Bonchev–Trinajstić information content (AvgIpc) is 2.34. The minimum atomic E-state index is -2.08. The van der Waals surface area contributed by atoms with Gasteiger partial charge in [0.05, 0.1) is 11.0 Å².